The van der Waals surface area contributed by atoms with Gasteiger partial charge in [-0.2, -0.15) is 0 Å². The van der Waals surface area contributed by atoms with Crippen molar-refractivity contribution in [2.75, 3.05) is 0 Å². The second-order valence-electron chi connectivity index (χ2n) is 4.83. The van der Waals surface area contributed by atoms with Gasteiger partial charge in [-0.05, 0) is 48.7 Å². The molecule has 0 fully saturated rings. The Bertz CT molecular complexity index is 613. The SMILES string of the molecule is CCC(N)Cc1cc(Br)ccc1Oc1cc(F)cc(Br)c1. The van der Waals surface area contributed by atoms with Gasteiger partial charge in [-0.1, -0.05) is 38.8 Å². The minimum atomic E-state index is -0.344. The summed E-state index contributed by atoms with van der Waals surface area (Å²) in [6.45, 7) is 2.05. The summed E-state index contributed by atoms with van der Waals surface area (Å²) < 4.78 is 20.9. The standard InChI is InChI=1S/C16H16Br2FNO/c1-2-14(20)6-10-5-11(17)3-4-16(10)21-15-8-12(18)7-13(19)9-15/h3-5,7-9,14H,2,6,20H2,1H3. The highest BCUT2D eigenvalue weighted by Gasteiger charge is 2.10. The van der Waals surface area contributed by atoms with Crippen molar-refractivity contribution in [3.63, 3.8) is 0 Å². The lowest BCUT2D eigenvalue weighted by molar-refractivity contribution is 0.466. The highest BCUT2D eigenvalue weighted by atomic mass is 79.9. The first-order chi connectivity index (χ1) is 9.97. The zero-order chi connectivity index (χ0) is 15.4. The molecule has 2 N–H and O–H groups in total. The van der Waals surface area contributed by atoms with Gasteiger partial charge in [0, 0.05) is 21.1 Å². The van der Waals surface area contributed by atoms with Crippen LogP contribution in [0.2, 0.25) is 0 Å². The Morgan fingerprint density at radius 1 is 1.14 bits per heavy atom. The average Bonchev–Trinajstić information content (AvgIpc) is 2.40. The molecule has 0 aliphatic heterocycles. The van der Waals surface area contributed by atoms with E-state index in [2.05, 4.69) is 31.9 Å². The summed E-state index contributed by atoms with van der Waals surface area (Å²) in [5, 5.41) is 0. The third kappa shape index (κ3) is 4.80. The maximum absolute atomic E-state index is 13.4. The fraction of sp³-hybridized carbons (Fsp3) is 0.250. The Morgan fingerprint density at radius 2 is 1.90 bits per heavy atom. The first-order valence-electron chi connectivity index (χ1n) is 6.66. The van der Waals surface area contributed by atoms with Gasteiger partial charge in [0.2, 0.25) is 0 Å². The summed E-state index contributed by atoms with van der Waals surface area (Å²) in [4.78, 5) is 0. The van der Waals surface area contributed by atoms with E-state index in [0.717, 1.165) is 16.5 Å². The average molecular weight is 417 g/mol. The van der Waals surface area contributed by atoms with Gasteiger partial charge < -0.3 is 10.5 Å². The molecule has 0 amide bonds. The Balaban J connectivity index is 2.30. The molecule has 21 heavy (non-hydrogen) atoms. The molecule has 0 bridgehead atoms. The molecule has 2 aromatic carbocycles. The molecular weight excluding hydrogens is 401 g/mol. The molecule has 2 aromatic rings. The maximum atomic E-state index is 13.4. The lowest BCUT2D eigenvalue weighted by Gasteiger charge is -2.15. The van der Waals surface area contributed by atoms with E-state index in [4.69, 9.17) is 10.5 Å². The predicted octanol–water partition coefficient (Wildman–Crippen LogP) is 5.42. The Kier molecular flexibility index (Phi) is 5.79. The van der Waals surface area contributed by atoms with Gasteiger partial charge in [-0.3, -0.25) is 0 Å². The van der Waals surface area contributed by atoms with Crippen LogP contribution in [0, 0.1) is 5.82 Å². The van der Waals surface area contributed by atoms with Gasteiger partial charge in [0.1, 0.15) is 17.3 Å². The van der Waals surface area contributed by atoms with Crippen molar-refractivity contribution in [2.45, 2.75) is 25.8 Å². The summed E-state index contributed by atoms with van der Waals surface area (Å²) in [5.41, 5.74) is 7.03. The number of benzene rings is 2. The summed E-state index contributed by atoms with van der Waals surface area (Å²) >= 11 is 6.71. The maximum Gasteiger partial charge on any atom is 0.131 e. The first-order valence-corrected chi connectivity index (χ1v) is 8.24. The number of hydrogen-bond donors (Lipinski definition) is 1. The van der Waals surface area contributed by atoms with Gasteiger partial charge in [0.05, 0.1) is 0 Å². The minimum Gasteiger partial charge on any atom is -0.457 e. The van der Waals surface area contributed by atoms with E-state index < -0.39 is 0 Å². The van der Waals surface area contributed by atoms with Crippen molar-refractivity contribution in [1.82, 2.24) is 0 Å². The van der Waals surface area contributed by atoms with Crippen LogP contribution in [-0.4, -0.2) is 6.04 Å². The molecular formula is C16H16Br2FNO. The van der Waals surface area contributed by atoms with Crippen LogP contribution in [0.4, 0.5) is 4.39 Å². The fourth-order valence-corrected chi connectivity index (χ4v) is 2.80. The van der Waals surface area contributed by atoms with Gasteiger partial charge in [-0.15, -0.1) is 0 Å². The van der Waals surface area contributed by atoms with E-state index in [-0.39, 0.29) is 11.9 Å². The first kappa shape index (κ1) is 16.5. The third-order valence-electron chi connectivity index (χ3n) is 3.09. The number of hydrogen-bond acceptors (Lipinski definition) is 2. The summed E-state index contributed by atoms with van der Waals surface area (Å²) in [7, 11) is 0. The molecule has 2 rings (SSSR count). The van der Waals surface area contributed by atoms with Gasteiger partial charge in [-0.25, -0.2) is 4.39 Å². The molecule has 0 saturated heterocycles. The normalized spacial score (nSPS) is 12.2. The Hall–Kier alpha value is -0.910. The van der Waals surface area contributed by atoms with Crippen LogP contribution in [-0.2, 0) is 6.42 Å². The number of halogens is 3. The monoisotopic (exact) mass is 415 g/mol. The van der Waals surface area contributed by atoms with Gasteiger partial charge in [0.25, 0.3) is 0 Å². The second kappa shape index (κ2) is 7.38. The molecule has 2 nitrogen and oxygen atoms in total. The Labute approximate surface area is 140 Å². The fourth-order valence-electron chi connectivity index (χ4n) is 1.95. The zero-order valence-corrected chi connectivity index (χ0v) is 14.7. The molecule has 0 saturated carbocycles. The molecule has 0 radical (unpaired) electrons. The van der Waals surface area contributed by atoms with E-state index in [1.807, 2.05) is 25.1 Å². The second-order valence-corrected chi connectivity index (χ2v) is 6.66. The topological polar surface area (TPSA) is 35.2 Å². The largest absolute Gasteiger partial charge is 0.457 e. The quantitative estimate of drug-likeness (QED) is 0.705. The summed E-state index contributed by atoms with van der Waals surface area (Å²) in [6, 6.07) is 10.3. The van der Waals surface area contributed by atoms with Crippen LogP contribution in [0.3, 0.4) is 0 Å². The van der Waals surface area contributed by atoms with Crippen LogP contribution in [0.1, 0.15) is 18.9 Å². The number of ether oxygens (including phenoxy) is 1. The van der Waals surface area contributed by atoms with E-state index >= 15 is 0 Å². The van der Waals surface area contributed by atoms with Crippen LogP contribution in [0.5, 0.6) is 11.5 Å². The van der Waals surface area contributed by atoms with Crippen molar-refractivity contribution in [3.05, 3.63) is 56.7 Å². The van der Waals surface area contributed by atoms with E-state index in [0.29, 0.717) is 22.4 Å². The lowest BCUT2D eigenvalue weighted by Crippen LogP contribution is -2.21. The molecule has 0 heterocycles. The minimum absolute atomic E-state index is 0.0703. The van der Waals surface area contributed by atoms with E-state index in [9.17, 15) is 4.39 Å². The summed E-state index contributed by atoms with van der Waals surface area (Å²) in [5.74, 6) is 0.804. The lowest BCUT2D eigenvalue weighted by atomic mass is 10.0. The molecule has 0 aromatic heterocycles. The molecule has 0 aliphatic rings. The zero-order valence-electron chi connectivity index (χ0n) is 11.6. The third-order valence-corrected chi connectivity index (χ3v) is 4.04. The highest BCUT2D eigenvalue weighted by molar-refractivity contribution is 9.10. The molecule has 0 aliphatic carbocycles. The van der Waals surface area contributed by atoms with Gasteiger partial charge in [0.15, 0.2) is 0 Å². The van der Waals surface area contributed by atoms with Crippen LogP contribution < -0.4 is 10.5 Å². The molecule has 5 heteroatoms. The van der Waals surface area contributed by atoms with Crippen molar-refractivity contribution in [3.8, 4) is 11.5 Å². The van der Waals surface area contributed by atoms with Crippen LogP contribution in [0.25, 0.3) is 0 Å². The number of rotatable bonds is 5. The molecule has 1 unspecified atom stereocenters. The highest BCUT2D eigenvalue weighted by Crippen LogP contribution is 2.31. The van der Waals surface area contributed by atoms with Crippen LogP contribution >= 0.6 is 31.9 Å². The smallest absolute Gasteiger partial charge is 0.131 e. The van der Waals surface area contributed by atoms with Crippen molar-refractivity contribution >= 4 is 31.9 Å². The predicted molar refractivity (Wildman–Crippen MR) is 90.3 cm³/mol. The van der Waals surface area contributed by atoms with Crippen molar-refractivity contribution in [2.24, 2.45) is 5.73 Å². The van der Waals surface area contributed by atoms with Crippen molar-refractivity contribution < 1.29 is 9.13 Å². The van der Waals surface area contributed by atoms with Crippen LogP contribution in [0.15, 0.2) is 45.3 Å². The van der Waals surface area contributed by atoms with E-state index in [1.54, 1.807) is 6.07 Å². The molecule has 112 valence electrons. The van der Waals surface area contributed by atoms with E-state index in [1.165, 1.54) is 12.1 Å². The summed E-state index contributed by atoms with van der Waals surface area (Å²) in [6.07, 6.45) is 1.60. The number of nitrogens with two attached hydrogens (primary N) is 1. The molecule has 0 spiro atoms. The van der Waals surface area contributed by atoms with Crippen molar-refractivity contribution in [1.29, 1.82) is 0 Å². The van der Waals surface area contributed by atoms with Gasteiger partial charge >= 0.3 is 0 Å². The Morgan fingerprint density at radius 3 is 2.57 bits per heavy atom. The molecule has 1 atom stereocenters.